The first-order valence-corrected chi connectivity index (χ1v) is 7.45. The summed E-state index contributed by atoms with van der Waals surface area (Å²) in [6.45, 7) is 5.58. The molecule has 1 aromatic heterocycles. The summed E-state index contributed by atoms with van der Waals surface area (Å²) in [5.74, 6) is 2.15. The molecule has 1 aliphatic rings. The molecule has 3 rings (SSSR count). The Bertz CT molecular complexity index is 651. The smallest absolute Gasteiger partial charge is 0.223 e. The summed E-state index contributed by atoms with van der Waals surface area (Å²) in [4.78, 5) is 18.2. The minimum atomic E-state index is 0.0210. The number of likely N-dealkylation sites (tertiary alicyclic amines) is 1. The molecule has 2 heterocycles. The summed E-state index contributed by atoms with van der Waals surface area (Å²) >= 11 is 0. The molecule has 1 saturated heterocycles. The van der Waals surface area contributed by atoms with E-state index in [0.717, 1.165) is 11.3 Å². The zero-order valence-corrected chi connectivity index (χ0v) is 12.8. The van der Waals surface area contributed by atoms with Crippen LogP contribution < -0.4 is 4.74 Å². The first kappa shape index (κ1) is 14.6. The monoisotopic (exact) mass is 301 g/mol. The maximum atomic E-state index is 12.2. The van der Waals surface area contributed by atoms with Crippen molar-refractivity contribution in [1.29, 1.82) is 0 Å². The van der Waals surface area contributed by atoms with Gasteiger partial charge in [-0.3, -0.25) is 4.79 Å². The van der Waals surface area contributed by atoms with Crippen molar-refractivity contribution in [1.82, 2.24) is 15.0 Å². The summed E-state index contributed by atoms with van der Waals surface area (Å²) in [7, 11) is 0. The molecule has 1 fully saturated rings. The van der Waals surface area contributed by atoms with E-state index in [2.05, 4.69) is 10.1 Å². The molecule has 1 amide bonds. The fourth-order valence-corrected chi connectivity index (χ4v) is 2.66. The van der Waals surface area contributed by atoms with Crippen molar-refractivity contribution in [3.63, 3.8) is 0 Å². The molecule has 0 saturated carbocycles. The lowest BCUT2D eigenvalue weighted by atomic mass is 10.1. The highest BCUT2D eigenvalue weighted by Crippen LogP contribution is 2.27. The van der Waals surface area contributed by atoms with Gasteiger partial charge in [0, 0.05) is 32.4 Å². The van der Waals surface area contributed by atoms with Crippen LogP contribution in [-0.2, 0) is 11.3 Å². The Morgan fingerprint density at radius 3 is 2.77 bits per heavy atom. The third kappa shape index (κ3) is 3.10. The molecule has 1 aromatic carbocycles. The topological polar surface area (TPSA) is 68.5 Å². The zero-order chi connectivity index (χ0) is 15.5. The number of aryl methyl sites for hydroxylation is 1. The second kappa shape index (κ2) is 6.17. The Morgan fingerprint density at radius 1 is 1.36 bits per heavy atom. The molecule has 1 unspecified atom stereocenters. The number of carbonyl (C=O) groups is 1. The number of ether oxygens (including phenoxy) is 1. The van der Waals surface area contributed by atoms with Gasteiger partial charge in [-0.25, -0.2) is 0 Å². The zero-order valence-electron chi connectivity index (χ0n) is 12.8. The van der Waals surface area contributed by atoms with Crippen LogP contribution >= 0.6 is 0 Å². The second-order valence-electron chi connectivity index (χ2n) is 5.42. The highest BCUT2D eigenvalue weighted by Gasteiger charge is 2.33. The molecule has 6 heteroatoms. The summed E-state index contributed by atoms with van der Waals surface area (Å²) in [6, 6.07) is 7.84. The van der Waals surface area contributed by atoms with Gasteiger partial charge in [0.25, 0.3) is 0 Å². The van der Waals surface area contributed by atoms with E-state index in [4.69, 9.17) is 9.26 Å². The molecule has 22 heavy (non-hydrogen) atoms. The van der Waals surface area contributed by atoms with Crippen LogP contribution in [0.2, 0.25) is 0 Å². The van der Waals surface area contributed by atoms with E-state index < -0.39 is 0 Å². The van der Waals surface area contributed by atoms with Crippen LogP contribution in [0.3, 0.4) is 0 Å². The van der Waals surface area contributed by atoms with Crippen molar-refractivity contribution in [2.24, 2.45) is 0 Å². The quantitative estimate of drug-likeness (QED) is 0.847. The Labute approximate surface area is 129 Å². The van der Waals surface area contributed by atoms with Gasteiger partial charge in [-0.1, -0.05) is 17.3 Å². The van der Waals surface area contributed by atoms with Gasteiger partial charge < -0.3 is 14.2 Å². The number of hydrogen-bond acceptors (Lipinski definition) is 5. The summed E-state index contributed by atoms with van der Waals surface area (Å²) < 4.78 is 10.4. The first-order chi connectivity index (χ1) is 10.7. The molecular formula is C16H19N3O3. The van der Waals surface area contributed by atoms with Gasteiger partial charge in [0.2, 0.25) is 11.8 Å². The number of carbonyl (C=O) groups excluding carboxylic acids is 1. The largest absolute Gasteiger partial charge is 0.494 e. The maximum Gasteiger partial charge on any atom is 0.223 e. The molecule has 1 atom stereocenters. The average molecular weight is 301 g/mol. The maximum absolute atomic E-state index is 12.2. The number of nitrogens with zero attached hydrogens (tertiary/aromatic N) is 3. The van der Waals surface area contributed by atoms with Crippen molar-refractivity contribution in [3.8, 4) is 5.75 Å². The number of amides is 1. The van der Waals surface area contributed by atoms with Crippen molar-refractivity contribution >= 4 is 5.91 Å². The van der Waals surface area contributed by atoms with Crippen LogP contribution in [0.4, 0.5) is 0 Å². The van der Waals surface area contributed by atoms with E-state index in [9.17, 15) is 4.79 Å². The Hall–Kier alpha value is -2.37. The minimum absolute atomic E-state index is 0.0210. The van der Waals surface area contributed by atoms with Crippen LogP contribution in [0, 0.1) is 6.92 Å². The molecule has 0 radical (unpaired) electrons. The summed E-state index contributed by atoms with van der Waals surface area (Å²) in [5.41, 5.74) is 1.08. The average Bonchev–Trinajstić information content (AvgIpc) is 3.08. The third-order valence-electron chi connectivity index (χ3n) is 3.73. The van der Waals surface area contributed by atoms with Gasteiger partial charge in [0.15, 0.2) is 5.82 Å². The lowest BCUT2D eigenvalue weighted by Crippen LogP contribution is -2.24. The lowest BCUT2D eigenvalue weighted by Gasteiger charge is -2.16. The molecule has 0 spiro atoms. The number of aromatic nitrogens is 2. The second-order valence-corrected chi connectivity index (χ2v) is 5.42. The predicted octanol–water partition coefficient (Wildman–Crippen LogP) is 2.29. The highest BCUT2D eigenvalue weighted by atomic mass is 16.5. The highest BCUT2D eigenvalue weighted by molar-refractivity contribution is 5.79. The van der Waals surface area contributed by atoms with Gasteiger partial charge in [-0.2, -0.15) is 4.98 Å². The van der Waals surface area contributed by atoms with E-state index in [-0.39, 0.29) is 11.8 Å². The molecule has 2 aromatic rings. The SMILES string of the molecule is CCOc1ccc(CN2CC(c3noc(C)n3)CC2=O)cc1. The first-order valence-electron chi connectivity index (χ1n) is 7.45. The van der Waals surface area contributed by atoms with Crippen molar-refractivity contribution in [3.05, 3.63) is 41.5 Å². The summed E-state index contributed by atoms with van der Waals surface area (Å²) in [5, 5.41) is 3.92. The molecule has 6 nitrogen and oxygen atoms in total. The van der Waals surface area contributed by atoms with E-state index in [1.165, 1.54) is 0 Å². The number of hydrogen-bond donors (Lipinski definition) is 0. The van der Waals surface area contributed by atoms with E-state index in [0.29, 0.717) is 37.8 Å². The van der Waals surface area contributed by atoms with Crippen molar-refractivity contribution < 1.29 is 14.1 Å². The Morgan fingerprint density at radius 2 is 2.14 bits per heavy atom. The molecule has 116 valence electrons. The van der Waals surface area contributed by atoms with Gasteiger partial charge >= 0.3 is 0 Å². The summed E-state index contributed by atoms with van der Waals surface area (Å²) in [6.07, 6.45) is 0.440. The molecule has 0 bridgehead atoms. The fourth-order valence-electron chi connectivity index (χ4n) is 2.66. The molecule has 0 aliphatic carbocycles. The number of benzene rings is 1. The van der Waals surface area contributed by atoms with E-state index in [1.807, 2.05) is 36.1 Å². The third-order valence-corrected chi connectivity index (χ3v) is 3.73. The van der Waals surface area contributed by atoms with E-state index >= 15 is 0 Å². The predicted molar refractivity (Wildman–Crippen MR) is 79.4 cm³/mol. The van der Waals surface area contributed by atoms with Gasteiger partial charge in [-0.15, -0.1) is 0 Å². The van der Waals surface area contributed by atoms with Crippen molar-refractivity contribution in [2.45, 2.75) is 32.7 Å². The fraction of sp³-hybridized carbons (Fsp3) is 0.438. The standard InChI is InChI=1S/C16H19N3O3/c1-3-21-14-6-4-12(5-7-14)9-19-10-13(8-15(19)20)16-17-11(2)22-18-16/h4-7,13H,3,8-10H2,1-2H3. The normalized spacial score (nSPS) is 18.0. The Balaban J connectivity index is 1.64. The van der Waals surface area contributed by atoms with Crippen LogP contribution in [-0.4, -0.2) is 34.1 Å². The van der Waals surface area contributed by atoms with Crippen molar-refractivity contribution in [2.75, 3.05) is 13.2 Å². The molecule has 0 N–H and O–H groups in total. The minimum Gasteiger partial charge on any atom is -0.494 e. The van der Waals surface area contributed by atoms with Crippen LogP contribution in [0.25, 0.3) is 0 Å². The van der Waals surface area contributed by atoms with E-state index in [1.54, 1.807) is 6.92 Å². The van der Waals surface area contributed by atoms with Gasteiger partial charge in [0.05, 0.1) is 6.61 Å². The lowest BCUT2D eigenvalue weighted by molar-refractivity contribution is -0.128. The Kier molecular flexibility index (Phi) is 4.09. The molecular weight excluding hydrogens is 282 g/mol. The molecule has 1 aliphatic heterocycles. The number of rotatable bonds is 5. The van der Waals surface area contributed by atoms with Crippen LogP contribution in [0.15, 0.2) is 28.8 Å². The van der Waals surface area contributed by atoms with Gasteiger partial charge in [0.1, 0.15) is 5.75 Å². The van der Waals surface area contributed by atoms with Crippen LogP contribution in [0.1, 0.15) is 36.5 Å². The van der Waals surface area contributed by atoms with Gasteiger partial charge in [-0.05, 0) is 24.6 Å². The van der Waals surface area contributed by atoms with Crippen LogP contribution in [0.5, 0.6) is 5.75 Å².